The second-order valence-corrected chi connectivity index (χ2v) is 18.3. The molecule has 2 atom stereocenters. The summed E-state index contributed by atoms with van der Waals surface area (Å²) in [7, 11) is 3.23. The summed E-state index contributed by atoms with van der Waals surface area (Å²) in [6, 6.07) is 6.90. The first kappa shape index (κ1) is 41.5. The van der Waals surface area contributed by atoms with Crippen LogP contribution in [0.5, 0.6) is 5.75 Å². The molecule has 3 aromatic heterocycles. The molecule has 14 nitrogen and oxygen atoms in total. The number of halogens is 5. The number of aryl methyl sites for hydroxylation is 2. The van der Waals surface area contributed by atoms with Crippen molar-refractivity contribution in [2.45, 2.75) is 74.9 Å². The first-order valence-corrected chi connectivity index (χ1v) is 21.9. The van der Waals surface area contributed by atoms with Gasteiger partial charge in [-0.3, -0.25) is 24.4 Å². The van der Waals surface area contributed by atoms with Gasteiger partial charge in [0.25, 0.3) is 5.56 Å². The van der Waals surface area contributed by atoms with Crippen LogP contribution in [-0.2, 0) is 29.4 Å². The Morgan fingerprint density at radius 1 is 0.952 bits per heavy atom. The standard InChI is InChI=1S/C44H47ClF4N10O4/c1-56-32-19-30(46)31(18-28(32)36-37(41(56)62)63-22-44(48,49)38(53-36)24-3-4-24)51-39-29(45)20-50-42(54-39)59-13-9-23(10-14-59)21-58-15-11-43(47,12-16-58)25-5-6-26-33(17-25)57(2)55-35(26)27-7-8-34(60)52-40(27)61/h5-6,17-20,23-24,27,38,53H,3-4,7-16,21-22H2,1-2H3,(H,50,51,54)(H,52,60,61)/t27?,38-/m0/s1. The van der Waals surface area contributed by atoms with Crippen molar-refractivity contribution in [1.29, 1.82) is 0 Å². The van der Waals surface area contributed by atoms with E-state index in [-0.39, 0.29) is 57.6 Å². The van der Waals surface area contributed by atoms with Gasteiger partial charge in [-0.15, -0.1) is 0 Å². The number of hydrogen-bond donors (Lipinski definition) is 3. The van der Waals surface area contributed by atoms with Gasteiger partial charge < -0.3 is 29.7 Å². The van der Waals surface area contributed by atoms with Crippen molar-refractivity contribution in [3.63, 3.8) is 0 Å². The number of alkyl halides is 3. The SMILES string of the molecule is Cn1nc(C2CCC(=O)NC2=O)c2ccc(C3(F)CCN(CC4CCN(c5ncc(Cl)c(Nc6cc7c8c(c(=O)n(C)c7cc6F)OCC(F)(F)[C@H](C6CC6)N8)n5)CC4)CC3)cc21. The summed E-state index contributed by atoms with van der Waals surface area (Å²) in [5.41, 5.74) is 0.0854. The lowest BCUT2D eigenvalue weighted by molar-refractivity contribution is -0.134. The van der Waals surface area contributed by atoms with Crippen LogP contribution in [0.1, 0.15) is 68.5 Å². The number of aromatic nitrogens is 5. The van der Waals surface area contributed by atoms with Gasteiger partial charge in [0.15, 0.2) is 12.4 Å². The van der Waals surface area contributed by atoms with Gasteiger partial charge >= 0.3 is 5.92 Å². The zero-order valence-electron chi connectivity index (χ0n) is 34.8. The number of rotatable bonds is 8. The molecule has 1 aliphatic carbocycles. The van der Waals surface area contributed by atoms with Crippen molar-refractivity contribution in [2.75, 3.05) is 54.9 Å². The Morgan fingerprint density at radius 3 is 2.44 bits per heavy atom. The van der Waals surface area contributed by atoms with Gasteiger partial charge in [-0.2, -0.15) is 10.1 Å². The van der Waals surface area contributed by atoms with Crippen molar-refractivity contribution < 1.29 is 31.9 Å². The van der Waals surface area contributed by atoms with E-state index in [4.69, 9.17) is 16.3 Å². The second kappa shape index (κ2) is 15.6. The molecule has 332 valence electrons. The number of imide groups is 1. The third kappa shape index (κ3) is 7.61. The molecule has 5 aliphatic rings. The molecule has 3 N–H and O–H groups in total. The highest BCUT2D eigenvalue weighted by molar-refractivity contribution is 6.33. The zero-order chi connectivity index (χ0) is 43.9. The molecule has 1 unspecified atom stereocenters. The van der Waals surface area contributed by atoms with E-state index >= 15 is 17.6 Å². The van der Waals surface area contributed by atoms with Crippen molar-refractivity contribution in [1.82, 2.24) is 34.5 Å². The molecule has 2 aromatic carbocycles. The molecule has 19 heteroatoms. The van der Waals surface area contributed by atoms with Gasteiger partial charge in [-0.05, 0) is 74.5 Å². The predicted octanol–water partition coefficient (Wildman–Crippen LogP) is 6.67. The number of carbonyl (C=O) groups excluding carboxylic acids is 2. The first-order valence-electron chi connectivity index (χ1n) is 21.6. The predicted molar refractivity (Wildman–Crippen MR) is 229 cm³/mol. The Kier molecular flexibility index (Phi) is 10.3. The monoisotopic (exact) mass is 890 g/mol. The number of ether oxygens (including phenoxy) is 1. The van der Waals surface area contributed by atoms with E-state index in [1.165, 1.54) is 29.9 Å². The summed E-state index contributed by atoms with van der Waals surface area (Å²) >= 11 is 6.55. The molecule has 4 aliphatic heterocycles. The number of hydrogen-bond acceptors (Lipinski definition) is 11. The smallest absolute Gasteiger partial charge is 0.301 e. The summed E-state index contributed by atoms with van der Waals surface area (Å²) in [6.07, 6.45) is 5.77. The molecule has 7 heterocycles. The Bertz CT molecular complexity index is 2730. The minimum atomic E-state index is -3.22. The van der Waals surface area contributed by atoms with Gasteiger partial charge in [-0.1, -0.05) is 23.7 Å². The van der Waals surface area contributed by atoms with Crippen LogP contribution in [0.4, 0.5) is 40.7 Å². The fourth-order valence-electron chi connectivity index (χ4n) is 9.88. The van der Waals surface area contributed by atoms with E-state index in [1.807, 2.05) is 23.1 Å². The van der Waals surface area contributed by atoms with E-state index < -0.39 is 41.5 Å². The third-order valence-corrected chi connectivity index (χ3v) is 14.0. The van der Waals surface area contributed by atoms with Crippen LogP contribution in [0.25, 0.3) is 21.8 Å². The van der Waals surface area contributed by atoms with Gasteiger partial charge in [-0.25, -0.2) is 22.5 Å². The molecule has 10 rings (SSSR count). The van der Waals surface area contributed by atoms with Crippen molar-refractivity contribution in [3.05, 3.63) is 69.0 Å². The molecule has 0 radical (unpaired) electrons. The minimum Gasteiger partial charge on any atom is -0.480 e. The number of pyridine rings is 1. The summed E-state index contributed by atoms with van der Waals surface area (Å²) in [4.78, 5) is 51.1. The number of likely N-dealkylation sites (tertiary alicyclic amines) is 1. The number of nitrogens with one attached hydrogen (secondary N) is 3. The maximum Gasteiger partial charge on any atom is 0.301 e. The minimum absolute atomic E-state index is 0.0235. The summed E-state index contributed by atoms with van der Waals surface area (Å²) in [5, 5.41) is 14.2. The molecule has 0 spiro atoms. The molecule has 4 fully saturated rings. The lowest BCUT2D eigenvalue weighted by Crippen LogP contribution is -2.44. The van der Waals surface area contributed by atoms with E-state index in [1.54, 1.807) is 11.7 Å². The Labute approximate surface area is 364 Å². The van der Waals surface area contributed by atoms with Gasteiger partial charge in [0.2, 0.25) is 23.5 Å². The Balaban J connectivity index is 0.783. The number of nitrogens with zero attached hydrogens (tertiary/aromatic N) is 7. The van der Waals surface area contributed by atoms with Crippen LogP contribution in [0, 0.1) is 17.7 Å². The number of piperidine rings is 3. The average molecular weight is 891 g/mol. The Morgan fingerprint density at radius 2 is 1.71 bits per heavy atom. The fourth-order valence-corrected chi connectivity index (χ4v) is 10.0. The van der Waals surface area contributed by atoms with Crippen LogP contribution in [0.2, 0.25) is 5.02 Å². The van der Waals surface area contributed by atoms with Gasteiger partial charge in [0.1, 0.15) is 16.5 Å². The molecule has 3 saturated heterocycles. The van der Waals surface area contributed by atoms with E-state index in [0.29, 0.717) is 86.8 Å². The van der Waals surface area contributed by atoms with Crippen LogP contribution in [0.3, 0.4) is 0 Å². The van der Waals surface area contributed by atoms with Crippen molar-refractivity contribution >= 4 is 68.4 Å². The maximum absolute atomic E-state index is 16.6. The topological polar surface area (TPSA) is 152 Å². The number of anilines is 4. The highest BCUT2D eigenvalue weighted by Gasteiger charge is 2.51. The Hall–Kier alpha value is -5.49. The van der Waals surface area contributed by atoms with E-state index in [0.717, 1.165) is 30.3 Å². The van der Waals surface area contributed by atoms with Crippen LogP contribution in [0.15, 0.2) is 41.3 Å². The van der Waals surface area contributed by atoms with Crippen LogP contribution >= 0.6 is 11.6 Å². The third-order valence-electron chi connectivity index (χ3n) is 13.7. The summed E-state index contributed by atoms with van der Waals surface area (Å²) in [5.74, 6) is -4.65. The average Bonchev–Trinajstić information content (AvgIpc) is 4.07. The largest absolute Gasteiger partial charge is 0.480 e. The summed E-state index contributed by atoms with van der Waals surface area (Å²) < 4.78 is 71.0. The molecular weight excluding hydrogens is 844 g/mol. The van der Waals surface area contributed by atoms with Gasteiger partial charge in [0.05, 0.1) is 46.3 Å². The lowest BCUT2D eigenvalue weighted by Gasteiger charge is -2.40. The molecule has 5 aromatic rings. The summed E-state index contributed by atoms with van der Waals surface area (Å²) in [6.45, 7) is 2.45. The number of benzene rings is 2. The molecule has 2 amide bonds. The highest BCUT2D eigenvalue weighted by atomic mass is 35.5. The van der Waals surface area contributed by atoms with E-state index in [9.17, 15) is 14.4 Å². The van der Waals surface area contributed by atoms with Crippen molar-refractivity contribution in [2.24, 2.45) is 25.9 Å². The van der Waals surface area contributed by atoms with Crippen LogP contribution in [-0.4, -0.2) is 92.3 Å². The molecule has 1 saturated carbocycles. The lowest BCUT2D eigenvalue weighted by atomic mass is 9.84. The molecular formula is C44H47ClF4N10O4. The number of fused-ring (bicyclic) bond motifs is 4. The zero-order valence-corrected chi connectivity index (χ0v) is 35.6. The number of amides is 2. The molecule has 63 heavy (non-hydrogen) atoms. The number of carbonyl (C=O) groups is 2. The van der Waals surface area contributed by atoms with Crippen LogP contribution < -0.4 is 31.1 Å². The van der Waals surface area contributed by atoms with Gasteiger partial charge in [0, 0.05) is 70.1 Å². The quantitative estimate of drug-likeness (QED) is 0.113. The van der Waals surface area contributed by atoms with Crippen molar-refractivity contribution in [3.8, 4) is 5.75 Å². The fraction of sp³-hybridized carbons (Fsp3) is 0.500. The maximum atomic E-state index is 16.6. The highest BCUT2D eigenvalue weighted by Crippen LogP contribution is 2.46. The molecule has 0 bridgehead atoms. The van der Waals surface area contributed by atoms with E-state index in [2.05, 4.69) is 35.9 Å². The first-order chi connectivity index (χ1) is 30.2. The normalized spacial score (nSPS) is 22.9. The second-order valence-electron chi connectivity index (χ2n) is 17.9.